The Morgan fingerprint density at radius 2 is 2.04 bits per heavy atom. The van der Waals surface area contributed by atoms with Crippen LogP contribution in [0.4, 0.5) is 0 Å². The van der Waals surface area contributed by atoms with E-state index in [1.807, 2.05) is 6.92 Å². The van der Waals surface area contributed by atoms with Gasteiger partial charge in [-0.1, -0.05) is 26.2 Å². The van der Waals surface area contributed by atoms with E-state index < -0.39 is 28.1 Å². The van der Waals surface area contributed by atoms with Gasteiger partial charge < -0.3 is 4.98 Å². The number of aryl methyl sites for hydroxylation is 1. The predicted octanol–water partition coefficient (Wildman–Crippen LogP) is 1.66. The average Bonchev–Trinajstić information content (AvgIpc) is 2.49. The summed E-state index contributed by atoms with van der Waals surface area (Å²) in [7, 11) is -3.76. The molecule has 1 heterocycles. The summed E-state index contributed by atoms with van der Waals surface area (Å²) in [6.45, 7) is 2.87. The lowest BCUT2D eigenvalue weighted by atomic mass is 10.1. The molecule has 0 aliphatic carbocycles. The van der Waals surface area contributed by atoms with Crippen molar-refractivity contribution in [3.05, 3.63) is 33.2 Å². The molecule has 1 aromatic rings. The number of nitrogens with zero attached hydrogens (tertiary/aromatic N) is 1. The first-order chi connectivity index (χ1) is 10.8. The number of Topliss-reactive ketones (excluding diaryl/α,β-unsaturated/α-hetero) is 1. The zero-order chi connectivity index (χ0) is 17.5. The second-order valence-corrected chi connectivity index (χ2v) is 6.93. The van der Waals surface area contributed by atoms with E-state index >= 15 is 0 Å². The summed E-state index contributed by atoms with van der Waals surface area (Å²) >= 11 is 0. The molecule has 0 aliphatic heterocycles. The van der Waals surface area contributed by atoms with Gasteiger partial charge in [0.15, 0.2) is 5.78 Å². The Morgan fingerprint density at radius 3 is 2.65 bits per heavy atom. The van der Waals surface area contributed by atoms with E-state index in [9.17, 15) is 18.0 Å². The maximum Gasteiger partial charge on any atom is 0.267 e. The van der Waals surface area contributed by atoms with Gasteiger partial charge in [0.1, 0.15) is 18.2 Å². The average molecular weight is 340 g/mol. The van der Waals surface area contributed by atoms with E-state index in [1.165, 1.54) is 6.92 Å². The van der Waals surface area contributed by atoms with Crippen LogP contribution in [0, 0.1) is 18.3 Å². The van der Waals surface area contributed by atoms with Crippen molar-refractivity contribution in [1.82, 2.24) is 4.98 Å². The number of hydrogen-bond acceptors (Lipinski definition) is 6. The quantitative estimate of drug-likeness (QED) is 0.415. The molecular formula is C15H20N2O5S. The maximum atomic E-state index is 12.0. The Morgan fingerprint density at radius 1 is 1.35 bits per heavy atom. The normalized spacial score (nSPS) is 11.2. The molecule has 1 rings (SSSR count). The number of pyridine rings is 1. The molecule has 0 unspecified atom stereocenters. The molecular weight excluding hydrogens is 320 g/mol. The molecule has 1 aromatic heterocycles. The van der Waals surface area contributed by atoms with Crippen LogP contribution in [0.15, 0.2) is 10.9 Å². The number of carbonyl (C=O) groups is 1. The van der Waals surface area contributed by atoms with E-state index in [-0.39, 0.29) is 22.6 Å². The van der Waals surface area contributed by atoms with Crippen LogP contribution in [0.2, 0.25) is 0 Å². The second-order valence-electron chi connectivity index (χ2n) is 5.17. The number of H-pyrrole nitrogens is 1. The third-order valence-corrected chi connectivity index (χ3v) is 4.54. The molecule has 1 N–H and O–H groups in total. The number of nitrogens with one attached hydrogen (secondary N) is 1. The van der Waals surface area contributed by atoms with E-state index in [2.05, 4.69) is 4.98 Å². The lowest BCUT2D eigenvalue weighted by molar-refractivity contribution is 0.0923. The maximum absolute atomic E-state index is 12.0. The van der Waals surface area contributed by atoms with Gasteiger partial charge in [0.25, 0.3) is 15.7 Å². The monoisotopic (exact) mass is 340 g/mol. The van der Waals surface area contributed by atoms with Gasteiger partial charge in [0, 0.05) is 11.3 Å². The highest BCUT2D eigenvalue weighted by Crippen LogP contribution is 2.09. The number of aromatic nitrogens is 1. The van der Waals surface area contributed by atoms with Crippen molar-refractivity contribution in [2.24, 2.45) is 0 Å². The van der Waals surface area contributed by atoms with Crippen molar-refractivity contribution in [2.75, 3.05) is 12.4 Å². The zero-order valence-electron chi connectivity index (χ0n) is 13.2. The van der Waals surface area contributed by atoms with Crippen LogP contribution < -0.4 is 5.56 Å². The molecule has 0 amide bonds. The van der Waals surface area contributed by atoms with E-state index in [0.717, 1.165) is 25.3 Å². The topological polar surface area (TPSA) is 117 Å². The van der Waals surface area contributed by atoms with Gasteiger partial charge in [0.2, 0.25) is 0 Å². The van der Waals surface area contributed by atoms with Gasteiger partial charge in [-0.25, -0.2) is 0 Å². The van der Waals surface area contributed by atoms with Crippen molar-refractivity contribution in [3.8, 4) is 6.07 Å². The fraction of sp³-hybridized carbons (Fsp3) is 0.533. The summed E-state index contributed by atoms with van der Waals surface area (Å²) in [5.41, 5.74) is -0.460. The summed E-state index contributed by atoms with van der Waals surface area (Å²) < 4.78 is 28.1. The van der Waals surface area contributed by atoms with E-state index in [4.69, 9.17) is 9.44 Å². The van der Waals surface area contributed by atoms with Crippen LogP contribution in [0.1, 0.15) is 54.2 Å². The molecule has 0 saturated heterocycles. The highest BCUT2D eigenvalue weighted by molar-refractivity contribution is 7.86. The number of carbonyl (C=O) groups excluding carboxylic acids is 1. The number of unbranched alkanes of at least 4 members (excludes halogenated alkanes) is 3. The van der Waals surface area contributed by atoms with E-state index in [1.54, 1.807) is 6.07 Å². The highest BCUT2D eigenvalue weighted by atomic mass is 32.2. The second kappa shape index (κ2) is 8.60. The molecule has 0 spiro atoms. The Hall–Kier alpha value is -1.98. The third kappa shape index (κ3) is 5.96. The van der Waals surface area contributed by atoms with Crippen LogP contribution in [0.25, 0.3) is 0 Å². The lowest BCUT2D eigenvalue weighted by Gasteiger charge is -2.07. The van der Waals surface area contributed by atoms with Crippen LogP contribution in [-0.2, 0) is 14.3 Å². The Bertz CT molecular complexity index is 759. The smallest absolute Gasteiger partial charge is 0.267 e. The summed E-state index contributed by atoms with van der Waals surface area (Å²) in [5, 5.41) is 8.81. The zero-order valence-corrected chi connectivity index (χ0v) is 14.0. The van der Waals surface area contributed by atoms with Gasteiger partial charge in [-0.15, -0.1) is 0 Å². The third-order valence-electron chi connectivity index (χ3n) is 3.28. The molecule has 0 atom stereocenters. The Balaban J connectivity index is 2.70. The fourth-order valence-electron chi connectivity index (χ4n) is 1.98. The first-order valence-electron chi connectivity index (χ1n) is 7.35. The molecule has 0 bridgehead atoms. The molecule has 8 heteroatoms. The number of aromatic amines is 1. The standard InChI is InChI=1S/C15H20N2O5S/c1-3-4-5-6-7-23(20,21)22-10-14(18)13-8-12(9-16)15(19)17-11(13)2/h8H,3-7,10H2,1-2H3,(H,17,19). The SMILES string of the molecule is CCCCCCS(=O)(=O)OCC(=O)c1cc(C#N)c(=O)[nH]c1C. The van der Waals surface area contributed by atoms with Crippen molar-refractivity contribution in [1.29, 1.82) is 5.26 Å². The molecule has 126 valence electrons. The number of rotatable bonds is 9. The molecule has 0 fully saturated rings. The fourth-order valence-corrected chi connectivity index (χ4v) is 2.94. The summed E-state index contributed by atoms with van der Waals surface area (Å²) in [4.78, 5) is 25.8. The molecule has 0 aliphatic rings. The minimum absolute atomic E-state index is 0.0716. The molecule has 23 heavy (non-hydrogen) atoms. The molecule has 0 aromatic carbocycles. The van der Waals surface area contributed by atoms with Crippen LogP contribution in [0.3, 0.4) is 0 Å². The number of nitriles is 1. The van der Waals surface area contributed by atoms with Gasteiger partial charge in [-0.3, -0.25) is 13.8 Å². The van der Waals surface area contributed by atoms with Crippen LogP contribution in [0.5, 0.6) is 0 Å². The molecule has 0 saturated carbocycles. The first kappa shape index (κ1) is 19.1. The van der Waals surface area contributed by atoms with Crippen molar-refractivity contribution in [2.45, 2.75) is 39.5 Å². The number of hydrogen-bond donors (Lipinski definition) is 1. The summed E-state index contributed by atoms with van der Waals surface area (Å²) in [5.74, 6) is -0.735. The van der Waals surface area contributed by atoms with Crippen molar-refractivity contribution >= 4 is 15.9 Å². The van der Waals surface area contributed by atoms with Crippen LogP contribution in [-0.4, -0.2) is 31.5 Å². The van der Waals surface area contributed by atoms with Gasteiger partial charge in [-0.2, -0.15) is 13.7 Å². The highest BCUT2D eigenvalue weighted by Gasteiger charge is 2.17. The Labute approximate surface area is 135 Å². The van der Waals surface area contributed by atoms with E-state index in [0.29, 0.717) is 6.42 Å². The molecule has 0 radical (unpaired) electrons. The Kier molecular flexibility index (Phi) is 7.13. The summed E-state index contributed by atoms with van der Waals surface area (Å²) in [6, 6.07) is 2.82. The van der Waals surface area contributed by atoms with Gasteiger partial charge in [-0.05, 0) is 19.4 Å². The van der Waals surface area contributed by atoms with Gasteiger partial charge in [0.05, 0.1) is 5.75 Å². The summed E-state index contributed by atoms with van der Waals surface area (Å²) in [6.07, 6.45) is 3.21. The van der Waals surface area contributed by atoms with Crippen molar-refractivity contribution < 1.29 is 17.4 Å². The first-order valence-corrected chi connectivity index (χ1v) is 8.92. The largest absolute Gasteiger partial charge is 0.325 e. The van der Waals surface area contributed by atoms with Gasteiger partial charge >= 0.3 is 0 Å². The number of ketones is 1. The minimum atomic E-state index is -3.76. The van der Waals surface area contributed by atoms with Crippen LogP contribution >= 0.6 is 0 Å². The molecule has 7 nitrogen and oxygen atoms in total. The lowest BCUT2D eigenvalue weighted by Crippen LogP contribution is -2.21. The van der Waals surface area contributed by atoms with Crippen molar-refractivity contribution in [3.63, 3.8) is 0 Å². The minimum Gasteiger partial charge on any atom is -0.325 e. The predicted molar refractivity (Wildman–Crippen MR) is 84.7 cm³/mol.